The maximum Gasteiger partial charge on any atom is 0.276 e. The van der Waals surface area contributed by atoms with Crippen LogP contribution in [0.15, 0.2) is 75.9 Å². The van der Waals surface area contributed by atoms with Crippen molar-refractivity contribution in [1.29, 1.82) is 0 Å². The van der Waals surface area contributed by atoms with Gasteiger partial charge in [0.25, 0.3) is 11.8 Å². The van der Waals surface area contributed by atoms with E-state index in [1.54, 1.807) is 16.8 Å². The van der Waals surface area contributed by atoms with Crippen molar-refractivity contribution in [2.24, 2.45) is 7.05 Å². The van der Waals surface area contributed by atoms with Crippen LogP contribution in [0, 0.1) is 0 Å². The summed E-state index contributed by atoms with van der Waals surface area (Å²) < 4.78 is 7.95. The first-order valence-electron chi connectivity index (χ1n) is 12.1. The molecule has 0 saturated carbocycles. The topological polar surface area (TPSA) is 93.3 Å². The Balaban J connectivity index is 1.09. The van der Waals surface area contributed by atoms with Gasteiger partial charge in [-0.3, -0.25) is 14.3 Å². The molecule has 9 heteroatoms. The van der Waals surface area contributed by atoms with Crippen LogP contribution < -0.4 is 5.32 Å². The van der Waals surface area contributed by atoms with Gasteiger partial charge in [0.1, 0.15) is 5.52 Å². The normalized spacial score (nSPS) is 14.4. The van der Waals surface area contributed by atoms with E-state index in [-0.39, 0.29) is 11.8 Å². The number of rotatable bonds is 4. The van der Waals surface area contributed by atoms with Crippen molar-refractivity contribution >= 4 is 55.4 Å². The largest absolute Gasteiger partial charge is 0.443 e. The predicted octanol–water partition coefficient (Wildman–Crippen LogP) is 5.75. The number of piperidine rings is 1. The van der Waals surface area contributed by atoms with Crippen LogP contribution in [-0.2, 0) is 7.05 Å². The van der Waals surface area contributed by atoms with Crippen molar-refractivity contribution in [1.82, 2.24) is 19.7 Å². The van der Waals surface area contributed by atoms with Crippen LogP contribution in [0.4, 0.5) is 5.69 Å². The fraction of sp³-hybridized carbons (Fsp3) is 0.214. The minimum Gasteiger partial charge on any atom is -0.443 e. The molecule has 1 N–H and O–H groups in total. The van der Waals surface area contributed by atoms with E-state index in [9.17, 15) is 9.59 Å². The number of carbonyl (C=O) groups excluding carboxylic acids is 2. The minimum absolute atomic E-state index is 0.0175. The van der Waals surface area contributed by atoms with Gasteiger partial charge in [-0.15, -0.1) is 0 Å². The molecule has 3 aromatic carbocycles. The number of carbonyl (C=O) groups is 2. The molecule has 1 aliphatic rings. The van der Waals surface area contributed by atoms with Crippen molar-refractivity contribution in [3.8, 4) is 0 Å². The lowest BCUT2D eigenvalue weighted by molar-refractivity contribution is 0.0713. The van der Waals surface area contributed by atoms with Gasteiger partial charge in [0.2, 0.25) is 0 Å². The van der Waals surface area contributed by atoms with Gasteiger partial charge < -0.3 is 14.6 Å². The lowest BCUT2D eigenvalue weighted by atomic mass is 9.89. The van der Waals surface area contributed by atoms with Crippen molar-refractivity contribution in [2.45, 2.75) is 18.8 Å². The van der Waals surface area contributed by atoms with Crippen LogP contribution in [0.25, 0.3) is 22.0 Å². The summed E-state index contributed by atoms with van der Waals surface area (Å²) in [5.41, 5.74) is 5.21. The Morgan fingerprint density at radius 3 is 2.59 bits per heavy atom. The number of amides is 2. The highest BCUT2D eigenvalue weighted by molar-refractivity contribution is 9.10. The first-order chi connectivity index (χ1) is 18.0. The molecule has 6 rings (SSSR count). The van der Waals surface area contributed by atoms with E-state index in [1.807, 2.05) is 48.3 Å². The molecule has 8 nitrogen and oxygen atoms in total. The zero-order chi connectivity index (χ0) is 25.5. The van der Waals surface area contributed by atoms with Gasteiger partial charge in [-0.2, -0.15) is 5.10 Å². The van der Waals surface area contributed by atoms with Gasteiger partial charge in [0.05, 0.1) is 5.52 Å². The predicted molar refractivity (Wildman–Crippen MR) is 145 cm³/mol. The highest BCUT2D eigenvalue weighted by atomic mass is 79.9. The fourth-order valence-electron chi connectivity index (χ4n) is 5.02. The van der Waals surface area contributed by atoms with Crippen LogP contribution >= 0.6 is 15.9 Å². The summed E-state index contributed by atoms with van der Waals surface area (Å²) in [6.07, 6.45) is 3.16. The average Bonchev–Trinajstić information content (AvgIpc) is 3.52. The van der Waals surface area contributed by atoms with E-state index < -0.39 is 0 Å². The second-order valence-electron chi connectivity index (χ2n) is 9.31. The number of oxazole rings is 1. The SMILES string of the molecule is Cn1nc(C(=O)Nc2ccc(C3CCN(C(=O)c4ccc5ncoc5c4)CC3)cc2)c2cc(Br)ccc21. The third kappa shape index (κ3) is 4.51. The van der Waals surface area contributed by atoms with Crippen LogP contribution in [0.2, 0.25) is 0 Å². The minimum atomic E-state index is -0.244. The summed E-state index contributed by atoms with van der Waals surface area (Å²) >= 11 is 3.47. The van der Waals surface area contributed by atoms with Crippen molar-refractivity contribution < 1.29 is 14.0 Å². The molecule has 2 aromatic heterocycles. The van der Waals surface area contributed by atoms with E-state index in [4.69, 9.17) is 4.42 Å². The molecule has 0 atom stereocenters. The molecule has 2 amide bonds. The van der Waals surface area contributed by atoms with Crippen LogP contribution in [0.1, 0.15) is 45.2 Å². The van der Waals surface area contributed by atoms with Gasteiger partial charge >= 0.3 is 0 Å². The Morgan fingerprint density at radius 1 is 1.03 bits per heavy atom. The lowest BCUT2D eigenvalue weighted by Crippen LogP contribution is -2.37. The first-order valence-corrected chi connectivity index (χ1v) is 12.9. The number of anilines is 1. The summed E-state index contributed by atoms with van der Waals surface area (Å²) in [5.74, 6) is 0.137. The summed E-state index contributed by atoms with van der Waals surface area (Å²) in [7, 11) is 1.83. The number of nitrogens with zero attached hydrogens (tertiary/aromatic N) is 4. The number of fused-ring (bicyclic) bond motifs is 2. The summed E-state index contributed by atoms with van der Waals surface area (Å²) in [6, 6.07) is 19.1. The van der Waals surface area contributed by atoms with Gasteiger partial charge in [-0.25, -0.2) is 4.98 Å². The van der Waals surface area contributed by atoms with E-state index in [1.165, 1.54) is 12.0 Å². The number of hydrogen-bond donors (Lipinski definition) is 1. The molecule has 1 fully saturated rings. The molecule has 0 spiro atoms. The second-order valence-corrected chi connectivity index (χ2v) is 10.2. The number of nitrogens with one attached hydrogen (secondary N) is 1. The van der Waals surface area contributed by atoms with Gasteiger partial charge in [0, 0.05) is 41.2 Å². The van der Waals surface area contributed by atoms with E-state index in [2.05, 4.69) is 43.5 Å². The zero-order valence-corrected chi connectivity index (χ0v) is 21.7. The number of benzene rings is 3. The number of likely N-dealkylation sites (tertiary alicyclic amines) is 1. The third-order valence-electron chi connectivity index (χ3n) is 7.03. The van der Waals surface area contributed by atoms with Gasteiger partial charge in [-0.1, -0.05) is 28.1 Å². The Morgan fingerprint density at radius 2 is 1.81 bits per heavy atom. The third-order valence-corrected chi connectivity index (χ3v) is 7.52. The van der Waals surface area contributed by atoms with Crippen LogP contribution in [-0.4, -0.2) is 44.6 Å². The Kier molecular flexibility index (Phi) is 6.00. The van der Waals surface area contributed by atoms with Crippen molar-refractivity contribution in [2.75, 3.05) is 18.4 Å². The highest BCUT2D eigenvalue weighted by Crippen LogP contribution is 2.30. The first kappa shape index (κ1) is 23.4. The highest BCUT2D eigenvalue weighted by Gasteiger charge is 2.25. The van der Waals surface area contributed by atoms with Crippen LogP contribution in [0.3, 0.4) is 0 Å². The number of aryl methyl sites for hydroxylation is 1. The quantitative estimate of drug-likeness (QED) is 0.303. The molecule has 1 saturated heterocycles. The maximum absolute atomic E-state index is 13.0. The Bertz CT molecular complexity index is 1630. The molecule has 186 valence electrons. The average molecular weight is 558 g/mol. The standard InChI is InChI=1S/C28H24BrN5O3/c1-33-24-9-5-20(29)15-22(24)26(32-33)27(35)31-21-6-2-17(3-7-21)18-10-12-34(13-11-18)28(36)19-4-8-23-25(14-19)37-16-30-23/h2-9,14-16,18H,10-13H2,1H3,(H,31,35). The Labute approximate surface area is 221 Å². The van der Waals surface area contributed by atoms with Crippen LogP contribution in [0.5, 0.6) is 0 Å². The molecular weight excluding hydrogens is 534 g/mol. The molecule has 0 bridgehead atoms. The van der Waals surface area contributed by atoms with E-state index in [0.717, 1.165) is 39.4 Å². The lowest BCUT2D eigenvalue weighted by Gasteiger charge is -2.32. The molecule has 3 heterocycles. The van der Waals surface area contributed by atoms with E-state index >= 15 is 0 Å². The number of halogens is 1. The molecule has 37 heavy (non-hydrogen) atoms. The smallest absolute Gasteiger partial charge is 0.276 e. The molecule has 1 aliphatic heterocycles. The van der Waals surface area contributed by atoms with Crippen molar-refractivity contribution in [3.05, 3.63) is 88.4 Å². The van der Waals surface area contributed by atoms with E-state index in [0.29, 0.717) is 35.8 Å². The number of hydrogen-bond acceptors (Lipinski definition) is 5. The van der Waals surface area contributed by atoms with Crippen molar-refractivity contribution in [3.63, 3.8) is 0 Å². The molecule has 5 aromatic rings. The number of aromatic nitrogens is 3. The Hall–Kier alpha value is -3.98. The van der Waals surface area contributed by atoms with Gasteiger partial charge in [-0.05, 0) is 72.9 Å². The summed E-state index contributed by atoms with van der Waals surface area (Å²) in [4.78, 5) is 32.0. The summed E-state index contributed by atoms with van der Waals surface area (Å²) in [6.45, 7) is 1.39. The molecular formula is C28H24BrN5O3. The second kappa shape index (κ2) is 9.48. The maximum atomic E-state index is 13.0. The zero-order valence-electron chi connectivity index (χ0n) is 20.1. The van der Waals surface area contributed by atoms with Gasteiger partial charge in [0.15, 0.2) is 17.7 Å². The molecule has 0 unspecified atom stereocenters. The molecule has 0 radical (unpaired) electrons. The monoisotopic (exact) mass is 557 g/mol. The summed E-state index contributed by atoms with van der Waals surface area (Å²) in [5, 5.41) is 8.18. The fourth-order valence-corrected chi connectivity index (χ4v) is 5.38. The molecule has 0 aliphatic carbocycles.